The number of para-hydroxylation sites is 1. The minimum absolute atomic E-state index is 0.0251. The summed E-state index contributed by atoms with van der Waals surface area (Å²) >= 11 is 0. The number of esters is 1. The molecule has 0 spiro atoms. The number of halogens is 3. The van der Waals surface area contributed by atoms with E-state index in [0.29, 0.717) is 24.5 Å². The Kier molecular flexibility index (Phi) is 8.03. The molecule has 1 heterocycles. The number of carbonyl (C=O) groups is 2. The molecule has 0 bridgehead atoms. The van der Waals surface area contributed by atoms with Gasteiger partial charge in [0.2, 0.25) is 5.91 Å². The van der Waals surface area contributed by atoms with Crippen molar-refractivity contribution in [1.82, 2.24) is 4.90 Å². The summed E-state index contributed by atoms with van der Waals surface area (Å²) < 4.78 is 55.8. The van der Waals surface area contributed by atoms with Crippen molar-refractivity contribution in [3.8, 4) is 11.5 Å². The molecule has 2 aromatic carbocycles. The summed E-state index contributed by atoms with van der Waals surface area (Å²) in [4.78, 5) is 26.9. The van der Waals surface area contributed by atoms with E-state index < -0.39 is 29.7 Å². The van der Waals surface area contributed by atoms with Gasteiger partial charge in [-0.05, 0) is 48.7 Å². The van der Waals surface area contributed by atoms with Crippen LogP contribution in [-0.2, 0) is 26.9 Å². The highest BCUT2D eigenvalue weighted by Crippen LogP contribution is 2.40. The fraction of sp³-hybridized carbons (Fsp3) is 0.417. The van der Waals surface area contributed by atoms with Gasteiger partial charge in [0.1, 0.15) is 0 Å². The first kappa shape index (κ1) is 25.4. The lowest BCUT2D eigenvalue weighted by molar-refractivity contribution is -0.145. The van der Waals surface area contributed by atoms with Crippen molar-refractivity contribution in [3.63, 3.8) is 0 Å². The molecule has 10 heteroatoms. The molecular weight excluding hydrogens is 453 g/mol. The predicted octanol–water partition coefficient (Wildman–Crippen LogP) is 4.21. The third-order valence-electron chi connectivity index (χ3n) is 5.63. The highest BCUT2D eigenvalue weighted by Gasteiger charge is 2.35. The quantitative estimate of drug-likeness (QED) is 0.571. The molecule has 2 aromatic rings. The van der Waals surface area contributed by atoms with Crippen LogP contribution in [0.15, 0.2) is 36.4 Å². The molecule has 1 aliphatic rings. The number of ether oxygens (including phenoxy) is 3. The Morgan fingerprint density at radius 2 is 1.79 bits per heavy atom. The highest BCUT2D eigenvalue weighted by molar-refractivity contribution is 5.93. The Bertz CT molecular complexity index is 1040. The summed E-state index contributed by atoms with van der Waals surface area (Å²) in [5.74, 6) is -0.0379. The first-order chi connectivity index (χ1) is 16.2. The van der Waals surface area contributed by atoms with Gasteiger partial charge in [0.25, 0.3) is 0 Å². The summed E-state index contributed by atoms with van der Waals surface area (Å²) in [5, 5.41) is 2.37. The monoisotopic (exact) mass is 480 g/mol. The van der Waals surface area contributed by atoms with Gasteiger partial charge in [-0.2, -0.15) is 13.2 Å². The van der Waals surface area contributed by atoms with Crippen LogP contribution in [0.5, 0.6) is 11.5 Å². The zero-order valence-corrected chi connectivity index (χ0v) is 19.2. The smallest absolute Gasteiger partial charge is 0.418 e. The van der Waals surface area contributed by atoms with Gasteiger partial charge in [-0.3, -0.25) is 14.5 Å². The van der Waals surface area contributed by atoms with Gasteiger partial charge in [-0.1, -0.05) is 12.1 Å². The molecule has 0 aliphatic carbocycles. The molecule has 34 heavy (non-hydrogen) atoms. The molecular formula is C24H27F3N2O5. The van der Waals surface area contributed by atoms with Crippen molar-refractivity contribution < 1.29 is 37.0 Å². The second kappa shape index (κ2) is 10.8. The van der Waals surface area contributed by atoms with E-state index in [1.165, 1.54) is 32.4 Å². The molecule has 0 unspecified atom stereocenters. The Balaban J connectivity index is 1.87. The van der Waals surface area contributed by atoms with Crippen LogP contribution in [0.1, 0.15) is 36.1 Å². The van der Waals surface area contributed by atoms with E-state index in [1.54, 1.807) is 17.9 Å². The third-order valence-corrected chi connectivity index (χ3v) is 5.63. The van der Waals surface area contributed by atoms with Crippen LogP contribution in [0, 0.1) is 0 Å². The summed E-state index contributed by atoms with van der Waals surface area (Å²) in [7, 11) is 3.02. The third kappa shape index (κ3) is 5.80. The van der Waals surface area contributed by atoms with Gasteiger partial charge in [0, 0.05) is 12.6 Å². The number of nitrogens with one attached hydrogen (secondary N) is 1. The predicted molar refractivity (Wildman–Crippen MR) is 119 cm³/mol. The zero-order chi connectivity index (χ0) is 24.9. The molecule has 0 radical (unpaired) electrons. The van der Waals surface area contributed by atoms with E-state index in [2.05, 4.69) is 5.32 Å². The standard InChI is InChI=1S/C24H27F3N2O5/c1-4-34-23(31)13-19-16-12-21(33-3)20(32-2)11-15(16)9-10-29(19)14-22(30)28-18-8-6-5-7-17(18)24(25,26)27/h5-8,11-12,19H,4,9-10,13-14H2,1-3H3,(H,28,30)/t19-/m1/s1. The molecule has 0 aromatic heterocycles. The highest BCUT2D eigenvalue weighted by atomic mass is 19.4. The summed E-state index contributed by atoms with van der Waals surface area (Å²) in [6.45, 7) is 2.12. The van der Waals surface area contributed by atoms with E-state index in [0.717, 1.165) is 17.2 Å². The summed E-state index contributed by atoms with van der Waals surface area (Å²) in [5.41, 5.74) is 0.476. The lowest BCUT2D eigenvalue weighted by Gasteiger charge is -2.37. The van der Waals surface area contributed by atoms with Crippen LogP contribution >= 0.6 is 0 Å². The number of rotatable bonds is 8. The molecule has 1 N–H and O–H groups in total. The van der Waals surface area contributed by atoms with E-state index in [-0.39, 0.29) is 25.3 Å². The van der Waals surface area contributed by atoms with Gasteiger partial charge in [-0.25, -0.2) is 0 Å². The van der Waals surface area contributed by atoms with Crippen molar-refractivity contribution in [1.29, 1.82) is 0 Å². The van der Waals surface area contributed by atoms with E-state index in [4.69, 9.17) is 14.2 Å². The second-order valence-corrected chi connectivity index (χ2v) is 7.74. The average Bonchev–Trinajstić information content (AvgIpc) is 2.79. The van der Waals surface area contributed by atoms with Crippen LogP contribution in [0.3, 0.4) is 0 Å². The van der Waals surface area contributed by atoms with Crippen molar-refractivity contribution >= 4 is 17.6 Å². The lowest BCUT2D eigenvalue weighted by atomic mass is 9.90. The Labute approximate surface area is 195 Å². The van der Waals surface area contributed by atoms with E-state index in [1.807, 2.05) is 6.07 Å². The van der Waals surface area contributed by atoms with Gasteiger partial charge in [0.15, 0.2) is 11.5 Å². The number of alkyl halides is 3. The van der Waals surface area contributed by atoms with Crippen LogP contribution in [0.2, 0.25) is 0 Å². The molecule has 7 nitrogen and oxygen atoms in total. The van der Waals surface area contributed by atoms with Gasteiger partial charge in [0.05, 0.1) is 45.0 Å². The molecule has 3 rings (SSSR count). The summed E-state index contributed by atoms with van der Waals surface area (Å²) in [6, 6.07) is 7.88. The van der Waals surface area contributed by atoms with Crippen LogP contribution in [0.25, 0.3) is 0 Å². The fourth-order valence-electron chi connectivity index (χ4n) is 4.10. The fourth-order valence-corrected chi connectivity index (χ4v) is 4.10. The maximum atomic E-state index is 13.3. The van der Waals surface area contributed by atoms with Crippen LogP contribution in [-0.4, -0.2) is 50.7 Å². The van der Waals surface area contributed by atoms with Crippen molar-refractivity contribution in [2.75, 3.05) is 39.2 Å². The largest absolute Gasteiger partial charge is 0.493 e. The normalized spacial score (nSPS) is 15.9. The van der Waals surface area contributed by atoms with Crippen LogP contribution in [0.4, 0.5) is 18.9 Å². The second-order valence-electron chi connectivity index (χ2n) is 7.74. The van der Waals surface area contributed by atoms with Crippen LogP contribution < -0.4 is 14.8 Å². The molecule has 0 fully saturated rings. The first-order valence-electron chi connectivity index (χ1n) is 10.8. The number of hydrogen-bond donors (Lipinski definition) is 1. The topological polar surface area (TPSA) is 77.1 Å². The molecule has 1 amide bonds. The number of fused-ring (bicyclic) bond motifs is 1. The molecule has 0 saturated heterocycles. The lowest BCUT2D eigenvalue weighted by Crippen LogP contribution is -2.41. The molecule has 1 atom stereocenters. The Morgan fingerprint density at radius 1 is 1.12 bits per heavy atom. The minimum Gasteiger partial charge on any atom is -0.493 e. The number of methoxy groups -OCH3 is 2. The van der Waals surface area contributed by atoms with E-state index >= 15 is 0 Å². The number of hydrogen-bond acceptors (Lipinski definition) is 6. The minimum atomic E-state index is -4.60. The maximum absolute atomic E-state index is 13.3. The van der Waals surface area contributed by atoms with Gasteiger partial charge < -0.3 is 19.5 Å². The number of carbonyl (C=O) groups excluding carboxylic acids is 2. The molecule has 0 saturated carbocycles. The van der Waals surface area contributed by atoms with Gasteiger partial charge >= 0.3 is 12.1 Å². The van der Waals surface area contributed by atoms with Crippen molar-refractivity contribution in [3.05, 3.63) is 53.1 Å². The van der Waals surface area contributed by atoms with Crippen molar-refractivity contribution in [2.45, 2.75) is 32.0 Å². The number of amides is 1. The Morgan fingerprint density at radius 3 is 2.44 bits per heavy atom. The van der Waals surface area contributed by atoms with E-state index in [9.17, 15) is 22.8 Å². The van der Waals surface area contributed by atoms with Gasteiger partial charge in [-0.15, -0.1) is 0 Å². The Hall–Kier alpha value is -3.27. The SMILES string of the molecule is CCOC(=O)C[C@@H]1c2cc(OC)c(OC)cc2CCN1CC(=O)Nc1ccccc1C(F)(F)F. The first-order valence-corrected chi connectivity index (χ1v) is 10.8. The van der Waals surface area contributed by atoms with Crippen molar-refractivity contribution in [2.24, 2.45) is 0 Å². The number of anilines is 1. The maximum Gasteiger partial charge on any atom is 0.418 e. The summed E-state index contributed by atoms with van der Waals surface area (Å²) in [6.07, 6.45) is -4.07. The molecule has 1 aliphatic heterocycles. The average molecular weight is 480 g/mol. The zero-order valence-electron chi connectivity index (χ0n) is 19.2. The number of benzene rings is 2. The molecule has 184 valence electrons. The number of nitrogens with zero attached hydrogens (tertiary/aromatic N) is 1.